The van der Waals surface area contributed by atoms with E-state index in [-0.39, 0.29) is 5.91 Å². The Balaban J connectivity index is 2.10. The van der Waals surface area contributed by atoms with Crippen LogP contribution in [0.3, 0.4) is 0 Å². The van der Waals surface area contributed by atoms with Crippen LogP contribution < -0.4 is 15.4 Å². The van der Waals surface area contributed by atoms with E-state index in [4.69, 9.17) is 15.2 Å². The highest BCUT2D eigenvalue weighted by atomic mass is 16.5. The number of likely N-dealkylation sites (N-methyl/N-ethyl adjacent to an activating group) is 1. The van der Waals surface area contributed by atoms with Gasteiger partial charge < -0.3 is 25.7 Å². The molecule has 0 radical (unpaired) electrons. The van der Waals surface area contributed by atoms with Crippen molar-refractivity contribution < 1.29 is 9.53 Å². The molecule has 0 fully saturated rings. The van der Waals surface area contributed by atoms with Crippen LogP contribution in [0, 0.1) is 12.3 Å². The summed E-state index contributed by atoms with van der Waals surface area (Å²) in [6, 6.07) is 13.4. The maximum Gasteiger partial charge on any atom is 0.248 e. The number of carbonyl (C=O) groups excluding carboxylic acids is 1. The lowest BCUT2D eigenvalue weighted by Crippen LogP contribution is -2.13. The molecular formula is C29H36N6O2. The molecule has 8 nitrogen and oxygen atoms in total. The fraction of sp³-hybridized carbons (Fsp3) is 0.276. The normalized spacial score (nSPS) is 11.4. The molecule has 194 valence electrons. The van der Waals surface area contributed by atoms with Gasteiger partial charge in [-0.15, -0.1) is 0 Å². The molecule has 0 aliphatic carbocycles. The molecule has 37 heavy (non-hydrogen) atoms. The summed E-state index contributed by atoms with van der Waals surface area (Å²) >= 11 is 0. The second-order valence-electron chi connectivity index (χ2n) is 8.95. The molecule has 1 amide bonds. The molecular weight excluding hydrogens is 464 g/mol. The highest BCUT2D eigenvalue weighted by molar-refractivity contribution is 6.06. The first-order valence-corrected chi connectivity index (χ1v) is 12.2. The Kier molecular flexibility index (Phi) is 9.40. The zero-order chi connectivity index (χ0) is 26.9. The fourth-order valence-corrected chi connectivity index (χ4v) is 3.79. The number of ether oxygens (including phenoxy) is 1. The quantitative estimate of drug-likeness (QED) is 0.234. The summed E-state index contributed by atoms with van der Waals surface area (Å²) in [5.41, 5.74) is 4.99. The van der Waals surface area contributed by atoms with Gasteiger partial charge >= 0.3 is 0 Å². The third kappa shape index (κ3) is 6.95. The van der Waals surface area contributed by atoms with Crippen molar-refractivity contribution >= 4 is 23.1 Å². The standard InChI is InChI=1S/C29H36N6O2/c1-7-8-16-31-29-27(21(3)30)28(22-15-14-20(2)25(18-22)37-6)33-35(29)24-12-9-11-23(19-24)32-26(36)13-10-17-34(4)5/h8-16,18-19,30-31H,7,17H2,1-6H3,(H,32,36)/b13-10+,16-8?,30-21?. The van der Waals surface area contributed by atoms with Gasteiger partial charge in [-0.2, -0.15) is 5.10 Å². The maximum atomic E-state index is 12.4. The minimum atomic E-state index is -0.202. The second-order valence-corrected chi connectivity index (χ2v) is 8.95. The van der Waals surface area contributed by atoms with E-state index < -0.39 is 0 Å². The number of hydrogen-bond donors (Lipinski definition) is 3. The van der Waals surface area contributed by atoms with E-state index in [1.54, 1.807) is 18.7 Å². The minimum Gasteiger partial charge on any atom is -0.496 e. The number of rotatable bonds is 11. The number of carbonyl (C=O) groups is 1. The second kappa shape index (κ2) is 12.7. The lowest BCUT2D eigenvalue weighted by atomic mass is 10.0. The van der Waals surface area contributed by atoms with Gasteiger partial charge in [0.25, 0.3) is 0 Å². The first-order valence-electron chi connectivity index (χ1n) is 12.2. The zero-order valence-corrected chi connectivity index (χ0v) is 22.4. The van der Waals surface area contributed by atoms with Gasteiger partial charge in [0.1, 0.15) is 17.3 Å². The molecule has 2 aromatic carbocycles. The van der Waals surface area contributed by atoms with Gasteiger partial charge in [-0.05, 0) is 70.4 Å². The summed E-state index contributed by atoms with van der Waals surface area (Å²) in [4.78, 5) is 14.4. The highest BCUT2D eigenvalue weighted by Gasteiger charge is 2.22. The van der Waals surface area contributed by atoms with Crippen LogP contribution in [-0.2, 0) is 4.79 Å². The van der Waals surface area contributed by atoms with Gasteiger partial charge in [0.2, 0.25) is 5.91 Å². The van der Waals surface area contributed by atoms with Crippen LogP contribution in [0.1, 0.15) is 31.4 Å². The summed E-state index contributed by atoms with van der Waals surface area (Å²) in [5, 5.41) is 19.8. The Morgan fingerprint density at radius 1 is 1.19 bits per heavy atom. The molecule has 3 N–H and O–H groups in total. The van der Waals surface area contributed by atoms with Gasteiger partial charge in [0.05, 0.1) is 18.4 Å². The number of methoxy groups -OCH3 is 1. The third-order valence-electron chi connectivity index (χ3n) is 5.61. The van der Waals surface area contributed by atoms with Crippen LogP contribution in [0.2, 0.25) is 0 Å². The van der Waals surface area contributed by atoms with E-state index in [9.17, 15) is 4.79 Å². The first kappa shape index (κ1) is 27.4. The zero-order valence-electron chi connectivity index (χ0n) is 22.4. The molecule has 0 bridgehead atoms. The predicted octanol–water partition coefficient (Wildman–Crippen LogP) is 5.64. The van der Waals surface area contributed by atoms with E-state index in [2.05, 4.69) is 17.6 Å². The van der Waals surface area contributed by atoms with Crippen LogP contribution in [0.4, 0.5) is 11.5 Å². The largest absolute Gasteiger partial charge is 0.496 e. The number of benzene rings is 2. The Morgan fingerprint density at radius 2 is 1.97 bits per heavy atom. The molecule has 3 rings (SSSR count). The third-order valence-corrected chi connectivity index (χ3v) is 5.61. The Labute approximate surface area is 219 Å². The number of aryl methyl sites for hydroxylation is 1. The monoisotopic (exact) mass is 500 g/mol. The molecule has 0 aliphatic rings. The SMILES string of the molecule is CCC=CNc1c(C(C)=N)c(-c2ccc(C)c(OC)c2)nn1-c1cccc(NC(=O)/C=C/CN(C)C)c1. The molecule has 0 unspecified atom stereocenters. The number of nitrogens with zero attached hydrogens (tertiary/aromatic N) is 3. The lowest BCUT2D eigenvalue weighted by molar-refractivity contribution is -0.111. The molecule has 1 heterocycles. The average molecular weight is 501 g/mol. The number of hydrogen-bond acceptors (Lipinski definition) is 6. The predicted molar refractivity (Wildman–Crippen MR) is 152 cm³/mol. The average Bonchev–Trinajstić information content (AvgIpc) is 3.24. The molecule has 0 atom stereocenters. The summed E-state index contributed by atoms with van der Waals surface area (Å²) in [7, 11) is 5.54. The summed E-state index contributed by atoms with van der Waals surface area (Å²) in [6.07, 6.45) is 8.08. The van der Waals surface area contributed by atoms with Crippen molar-refractivity contribution in [3.63, 3.8) is 0 Å². The lowest BCUT2D eigenvalue weighted by Gasteiger charge is -2.11. The maximum absolute atomic E-state index is 12.4. The summed E-state index contributed by atoms with van der Waals surface area (Å²) in [6.45, 7) is 6.48. The van der Waals surface area contributed by atoms with E-state index in [1.807, 2.05) is 86.7 Å². The topological polar surface area (TPSA) is 95.3 Å². The van der Waals surface area contributed by atoms with E-state index >= 15 is 0 Å². The molecule has 0 saturated carbocycles. The fourth-order valence-electron chi connectivity index (χ4n) is 3.79. The van der Waals surface area contributed by atoms with Crippen LogP contribution in [0.5, 0.6) is 5.75 Å². The van der Waals surface area contributed by atoms with Crippen molar-refractivity contribution in [2.45, 2.75) is 27.2 Å². The molecule has 3 aromatic rings. The van der Waals surface area contributed by atoms with E-state index in [0.717, 1.165) is 29.0 Å². The van der Waals surface area contributed by atoms with Crippen molar-refractivity contribution in [2.24, 2.45) is 0 Å². The number of allylic oxidation sites excluding steroid dienone is 1. The van der Waals surface area contributed by atoms with Crippen LogP contribution >= 0.6 is 0 Å². The molecule has 1 aromatic heterocycles. The number of nitrogens with one attached hydrogen (secondary N) is 3. The van der Waals surface area contributed by atoms with Crippen molar-refractivity contribution in [3.8, 4) is 22.7 Å². The van der Waals surface area contributed by atoms with Crippen molar-refractivity contribution in [3.05, 3.63) is 78.0 Å². The van der Waals surface area contributed by atoms with Gasteiger partial charge in [-0.25, -0.2) is 4.68 Å². The molecule has 0 saturated heterocycles. The van der Waals surface area contributed by atoms with Gasteiger partial charge in [-0.1, -0.05) is 37.3 Å². The Hall–Kier alpha value is -4.17. The van der Waals surface area contributed by atoms with Crippen molar-refractivity contribution in [1.82, 2.24) is 14.7 Å². The van der Waals surface area contributed by atoms with Crippen molar-refractivity contribution in [1.29, 1.82) is 5.41 Å². The Morgan fingerprint density at radius 3 is 2.65 bits per heavy atom. The smallest absolute Gasteiger partial charge is 0.248 e. The van der Waals surface area contributed by atoms with E-state index in [1.165, 1.54) is 6.08 Å². The van der Waals surface area contributed by atoms with Crippen molar-refractivity contribution in [2.75, 3.05) is 38.4 Å². The number of aromatic nitrogens is 2. The molecule has 0 aliphatic heterocycles. The van der Waals surface area contributed by atoms with E-state index in [0.29, 0.717) is 35.0 Å². The number of amides is 1. The Bertz CT molecular complexity index is 1320. The first-order chi connectivity index (χ1) is 17.7. The van der Waals surface area contributed by atoms with Gasteiger partial charge in [-0.3, -0.25) is 4.79 Å². The van der Waals surface area contributed by atoms with Gasteiger partial charge in [0.15, 0.2) is 0 Å². The number of anilines is 2. The highest BCUT2D eigenvalue weighted by Crippen LogP contribution is 2.34. The minimum absolute atomic E-state index is 0.202. The van der Waals surface area contributed by atoms with Crippen LogP contribution in [0.15, 0.2) is 66.9 Å². The van der Waals surface area contributed by atoms with Gasteiger partial charge in [0, 0.05) is 29.6 Å². The molecule has 0 spiro atoms. The molecule has 8 heteroatoms. The van der Waals surface area contributed by atoms with Crippen LogP contribution in [-0.4, -0.2) is 54.0 Å². The van der Waals surface area contributed by atoms with Crippen LogP contribution in [0.25, 0.3) is 16.9 Å². The summed E-state index contributed by atoms with van der Waals surface area (Å²) < 4.78 is 7.31. The summed E-state index contributed by atoms with van der Waals surface area (Å²) in [5.74, 6) is 1.22.